The number of nitrogens with two attached hydrogens (primary N) is 1. The van der Waals surface area contributed by atoms with E-state index >= 15 is 0 Å². The minimum absolute atomic E-state index is 0.0498. The summed E-state index contributed by atoms with van der Waals surface area (Å²) >= 11 is 6.97. The van der Waals surface area contributed by atoms with Crippen LogP contribution in [-0.4, -0.2) is 18.4 Å². The summed E-state index contributed by atoms with van der Waals surface area (Å²) in [6, 6.07) is 6.40. The van der Waals surface area contributed by atoms with Gasteiger partial charge in [-0.1, -0.05) is 11.6 Å². The van der Waals surface area contributed by atoms with Crippen LogP contribution in [0.1, 0.15) is 9.67 Å². The molecule has 0 atom stereocenters. The summed E-state index contributed by atoms with van der Waals surface area (Å²) in [5.74, 6) is -0.0968. The number of carbonyl (C=O) groups is 2. The Morgan fingerprint density at radius 1 is 1.43 bits per heavy atom. The van der Waals surface area contributed by atoms with Gasteiger partial charge in [0, 0.05) is 6.07 Å². The van der Waals surface area contributed by atoms with E-state index in [2.05, 4.69) is 10.6 Å². The minimum atomic E-state index is -0.318. The van der Waals surface area contributed by atoms with Crippen molar-refractivity contribution in [1.29, 1.82) is 0 Å². The van der Waals surface area contributed by atoms with E-state index in [0.29, 0.717) is 32.0 Å². The number of anilines is 3. The third kappa shape index (κ3) is 2.79. The molecule has 1 aliphatic rings. The van der Waals surface area contributed by atoms with Crippen LogP contribution in [0.15, 0.2) is 24.3 Å². The average Bonchev–Trinajstić information content (AvgIpc) is 2.87. The van der Waals surface area contributed by atoms with Gasteiger partial charge in [-0.3, -0.25) is 9.59 Å². The molecule has 2 amide bonds. The molecule has 0 saturated carbocycles. The van der Waals surface area contributed by atoms with Crippen molar-refractivity contribution >= 4 is 51.8 Å². The largest absolute Gasteiger partial charge is 0.482 e. The molecule has 3 rings (SSSR count). The van der Waals surface area contributed by atoms with Crippen LogP contribution in [0.5, 0.6) is 5.75 Å². The van der Waals surface area contributed by atoms with Crippen LogP contribution < -0.4 is 21.1 Å². The molecule has 21 heavy (non-hydrogen) atoms. The van der Waals surface area contributed by atoms with Crippen LogP contribution in [0.25, 0.3) is 0 Å². The molecule has 6 nitrogen and oxygen atoms in total. The summed E-state index contributed by atoms with van der Waals surface area (Å²) in [6.45, 7) is -0.0498. The first kappa shape index (κ1) is 13.7. The fourth-order valence-electron chi connectivity index (χ4n) is 1.87. The Balaban J connectivity index is 1.87. The van der Waals surface area contributed by atoms with E-state index < -0.39 is 0 Å². The van der Waals surface area contributed by atoms with Gasteiger partial charge in [0.1, 0.15) is 5.75 Å². The number of rotatable bonds is 2. The lowest BCUT2D eigenvalue weighted by atomic mass is 10.2. The standard InChI is InChI=1S/C13H10ClN3O3S/c14-11-2-1-10(21-11)13(19)17-7-4-8-9(3-6(7)15)20-5-12(18)16-8/h1-4H,5,15H2,(H,16,18)(H,17,19). The van der Waals surface area contributed by atoms with Crippen LogP contribution >= 0.6 is 22.9 Å². The summed E-state index contributed by atoms with van der Waals surface area (Å²) in [5, 5.41) is 5.34. The third-order valence-electron chi connectivity index (χ3n) is 2.83. The van der Waals surface area contributed by atoms with Crippen molar-refractivity contribution in [2.24, 2.45) is 0 Å². The summed E-state index contributed by atoms with van der Waals surface area (Å²) in [4.78, 5) is 23.8. The molecule has 0 spiro atoms. The molecule has 0 fully saturated rings. The monoisotopic (exact) mass is 323 g/mol. The number of amides is 2. The van der Waals surface area contributed by atoms with Crippen LogP contribution in [-0.2, 0) is 4.79 Å². The lowest BCUT2D eigenvalue weighted by Crippen LogP contribution is -2.25. The summed E-state index contributed by atoms with van der Waals surface area (Å²) < 4.78 is 5.77. The number of thiophene rings is 1. The predicted molar refractivity (Wildman–Crippen MR) is 82.3 cm³/mol. The molecule has 0 bridgehead atoms. The quantitative estimate of drug-likeness (QED) is 0.740. The Labute approximate surface area is 128 Å². The highest BCUT2D eigenvalue weighted by Crippen LogP contribution is 2.35. The van der Waals surface area contributed by atoms with Crippen LogP contribution in [0.4, 0.5) is 17.1 Å². The molecule has 8 heteroatoms. The highest BCUT2D eigenvalue weighted by atomic mass is 35.5. The zero-order chi connectivity index (χ0) is 15.0. The number of halogens is 1. The van der Waals surface area contributed by atoms with E-state index in [-0.39, 0.29) is 18.4 Å². The normalized spacial score (nSPS) is 13.1. The number of ether oxygens (including phenoxy) is 1. The number of hydrogen-bond donors (Lipinski definition) is 3. The topological polar surface area (TPSA) is 93.5 Å². The maximum atomic E-state index is 12.1. The molecule has 2 heterocycles. The molecule has 1 aliphatic heterocycles. The van der Waals surface area contributed by atoms with E-state index in [1.807, 2.05) is 0 Å². The molecule has 1 aromatic carbocycles. The zero-order valence-corrected chi connectivity index (χ0v) is 12.2. The second-order valence-electron chi connectivity index (χ2n) is 4.33. The lowest BCUT2D eigenvalue weighted by Gasteiger charge is -2.20. The van der Waals surface area contributed by atoms with Crippen molar-refractivity contribution in [2.75, 3.05) is 23.0 Å². The maximum Gasteiger partial charge on any atom is 0.265 e. The molecule has 0 unspecified atom stereocenters. The van der Waals surface area contributed by atoms with Gasteiger partial charge in [-0.25, -0.2) is 0 Å². The van der Waals surface area contributed by atoms with Gasteiger partial charge >= 0.3 is 0 Å². The van der Waals surface area contributed by atoms with Crippen molar-refractivity contribution in [2.45, 2.75) is 0 Å². The first-order chi connectivity index (χ1) is 10.0. The van der Waals surface area contributed by atoms with Gasteiger partial charge in [0.2, 0.25) is 0 Å². The summed E-state index contributed by atoms with van der Waals surface area (Å²) in [5.41, 5.74) is 7.10. The Bertz CT molecular complexity index is 744. The molecular formula is C13H10ClN3O3S. The second-order valence-corrected chi connectivity index (χ2v) is 6.05. The molecule has 1 aromatic heterocycles. The smallest absolute Gasteiger partial charge is 0.265 e. The molecular weight excluding hydrogens is 314 g/mol. The van der Waals surface area contributed by atoms with Crippen molar-refractivity contribution in [3.63, 3.8) is 0 Å². The van der Waals surface area contributed by atoms with Gasteiger partial charge < -0.3 is 21.1 Å². The van der Waals surface area contributed by atoms with Gasteiger partial charge in [-0.15, -0.1) is 11.3 Å². The number of fused-ring (bicyclic) bond motifs is 1. The Morgan fingerprint density at radius 3 is 2.95 bits per heavy atom. The van der Waals surface area contributed by atoms with Crippen molar-refractivity contribution in [3.05, 3.63) is 33.5 Å². The molecule has 108 valence electrons. The molecule has 0 radical (unpaired) electrons. The van der Waals surface area contributed by atoms with Crippen LogP contribution in [0, 0.1) is 0 Å². The SMILES string of the molecule is Nc1cc2c(cc1NC(=O)c1ccc(Cl)s1)NC(=O)CO2. The van der Waals surface area contributed by atoms with E-state index in [1.54, 1.807) is 24.3 Å². The lowest BCUT2D eigenvalue weighted by molar-refractivity contribution is -0.118. The van der Waals surface area contributed by atoms with Gasteiger partial charge in [-0.2, -0.15) is 0 Å². The van der Waals surface area contributed by atoms with Crippen LogP contribution in [0.3, 0.4) is 0 Å². The van der Waals surface area contributed by atoms with E-state index in [4.69, 9.17) is 22.1 Å². The van der Waals surface area contributed by atoms with E-state index in [1.165, 1.54) is 11.3 Å². The minimum Gasteiger partial charge on any atom is -0.482 e. The van der Waals surface area contributed by atoms with E-state index in [9.17, 15) is 9.59 Å². The van der Waals surface area contributed by atoms with Crippen molar-refractivity contribution < 1.29 is 14.3 Å². The highest BCUT2D eigenvalue weighted by Gasteiger charge is 2.19. The van der Waals surface area contributed by atoms with Crippen molar-refractivity contribution in [3.8, 4) is 5.75 Å². The predicted octanol–water partition coefficient (Wildman–Crippen LogP) is 2.57. The molecule has 2 aromatic rings. The van der Waals surface area contributed by atoms with Gasteiger partial charge in [-0.05, 0) is 18.2 Å². The molecule has 0 aliphatic carbocycles. The highest BCUT2D eigenvalue weighted by molar-refractivity contribution is 7.18. The van der Waals surface area contributed by atoms with Gasteiger partial charge in [0.25, 0.3) is 11.8 Å². The van der Waals surface area contributed by atoms with Crippen molar-refractivity contribution in [1.82, 2.24) is 0 Å². The first-order valence-corrected chi connectivity index (χ1v) is 7.15. The van der Waals surface area contributed by atoms with Gasteiger partial charge in [0.15, 0.2) is 6.61 Å². The number of carbonyl (C=O) groups excluding carboxylic acids is 2. The fraction of sp³-hybridized carbons (Fsp3) is 0.0769. The van der Waals surface area contributed by atoms with E-state index in [0.717, 1.165) is 0 Å². The molecule has 0 saturated heterocycles. The fourth-order valence-corrected chi connectivity index (χ4v) is 2.81. The Hall–Kier alpha value is -2.25. The first-order valence-electron chi connectivity index (χ1n) is 5.96. The number of nitrogen functional groups attached to an aromatic ring is 1. The van der Waals surface area contributed by atoms with Gasteiger partial charge in [0.05, 0.1) is 26.3 Å². The third-order valence-corrected chi connectivity index (χ3v) is 4.06. The average molecular weight is 324 g/mol. The number of benzene rings is 1. The van der Waals surface area contributed by atoms with Crippen LogP contribution in [0.2, 0.25) is 4.34 Å². The maximum absolute atomic E-state index is 12.1. The number of hydrogen-bond acceptors (Lipinski definition) is 5. The summed E-state index contributed by atoms with van der Waals surface area (Å²) in [6.07, 6.45) is 0. The number of nitrogens with one attached hydrogen (secondary N) is 2. The Kier molecular flexibility index (Phi) is 3.44. The second kappa shape index (κ2) is 5.27. The molecule has 4 N–H and O–H groups in total. The Morgan fingerprint density at radius 2 is 2.24 bits per heavy atom. The zero-order valence-electron chi connectivity index (χ0n) is 10.6. The summed E-state index contributed by atoms with van der Waals surface area (Å²) in [7, 11) is 0.